The third-order valence-electron chi connectivity index (χ3n) is 2.65. The van der Waals surface area contributed by atoms with Crippen LogP contribution in [-0.4, -0.2) is 21.0 Å². The van der Waals surface area contributed by atoms with Gasteiger partial charge in [-0.05, 0) is 12.1 Å². The second-order valence-electron chi connectivity index (χ2n) is 3.76. The minimum absolute atomic E-state index is 0.184. The summed E-state index contributed by atoms with van der Waals surface area (Å²) in [6.07, 6.45) is 0. The number of carboxylic acids is 1. The zero-order valence-corrected chi connectivity index (χ0v) is 9.63. The van der Waals surface area contributed by atoms with E-state index in [9.17, 15) is 14.4 Å². The fourth-order valence-corrected chi connectivity index (χ4v) is 2.76. The largest absolute Gasteiger partial charge is 0.478 e. The Balaban J connectivity index is 2.49. The van der Waals surface area contributed by atoms with Gasteiger partial charge in [0.2, 0.25) is 0 Å². The number of thiophene rings is 1. The molecule has 1 aromatic carbocycles. The molecule has 0 radical (unpaired) electrons. The number of hydrogen-bond acceptors (Lipinski definition) is 4. The molecule has 6 nitrogen and oxygen atoms in total. The summed E-state index contributed by atoms with van der Waals surface area (Å²) in [5.41, 5.74) is -0.409. The van der Waals surface area contributed by atoms with Crippen molar-refractivity contribution in [1.29, 1.82) is 0 Å². The van der Waals surface area contributed by atoms with E-state index in [2.05, 4.69) is 9.97 Å². The molecule has 2 heterocycles. The van der Waals surface area contributed by atoms with E-state index in [0.717, 1.165) is 4.70 Å². The zero-order valence-electron chi connectivity index (χ0n) is 8.81. The molecule has 0 spiro atoms. The molecule has 90 valence electrons. The molecule has 0 unspecified atom stereocenters. The van der Waals surface area contributed by atoms with Crippen LogP contribution >= 0.6 is 11.3 Å². The van der Waals surface area contributed by atoms with Crippen molar-refractivity contribution in [3.8, 4) is 0 Å². The lowest BCUT2D eigenvalue weighted by Gasteiger charge is -1.98. The average Bonchev–Trinajstić information content (AvgIpc) is 2.70. The molecule has 3 aromatic rings. The molecular formula is C11H6N2O4S. The molecule has 0 saturated heterocycles. The van der Waals surface area contributed by atoms with E-state index in [4.69, 9.17) is 5.11 Å². The van der Waals surface area contributed by atoms with Crippen molar-refractivity contribution < 1.29 is 9.90 Å². The van der Waals surface area contributed by atoms with Crippen LogP contribution in [0, 0.1) is 0 Å². The maximum atomic E-state index is 11.2. The molecule has 18 heavy (non-hydrogen) atoms. The number of benzene rings is 1. The summed E-state index contributed by atoms with van der Waals surface area (Å²) < 4.78 is 0.739. The Bertz CT molecular complexity index is 903. The second-order valence-corrected chi connectivity index (χ2v) is 4.67. The number of aromatic nitrogens is 2. The van der Waals surface area contributed by atoms with Crippen LogP contribution in [0.15, 0.2) is 27.1 Å². The summed E-state index contributed by atoms with van der Waals surface area (Å²) in [5.74, 6) is -1.02. The van der Waals surface area contributed by atoms with Crippen molar-refractivity contribution in [2.24, 2.45) is 0 Å². The smallest absolute Gasteiger partial charge is 0.337 e. The van der Waals surface area contributed by atoms with Crippen LogP contribution in [0.2, 0.25) is 0 Å². The van der Waals surface area contributed by atoms with Gasteiger partial charge in [0.1, 0.15) is 0 Å². The molecular weight excluding hydrogens is 256 g/mol. The van der Waals surface area contributed by atoms with E-state index in [1.807, 2.05) is 0 Å². The van der Waals surface area contributed by atoms with Crippen LogP contribution in [0.5, 0.6) is 0 Å². The van der Waals surface area contributed by atoms with E-state index < -0.39 is 17.1 Å². The van der Waals surface area contributed by atoms with Gasteiger partial charge in [0.15, 0.2) is 0 Å². The fraction of sp³-hybridized carbons (Fsp3) is 0. The Hall–Kier alpha value is -2.41. The number of rotatable bonds is 1. The van der Waals surface area contributed by atoms with Crippen LogP contribution in [0.3, 0.4) is 0 Å². The number of carbonyl (C=O) groups is 1. The molecule has 3 rings (SSSR count). The van der Waals surface area contributed by atoms with Crippen LogP contribution in [0.25, 0.3) is 21.1 Å². The summed E-state index contributed by atoms with van der Waals surface area (Å²) in [6.45, 7) is 0. The van der Waals surface area contributed by atoms with Gasteiger partial charge in [-0.1, -0.05) is 0 Å². The molecule has 0 amide bonds. The summed E-state index contributed by atoms with van der Waals surface area (Å²) in [7, 11) is 0. The highest BCUT2D eigenvalue weighted by molar-refractivity contribution is 7.17. The minimum Gasteiger partial charge on any atom is -0.478 e. The molecule has 2 aromatic heterocycles. The number of aromatic amines is 2. The highest BCUT2D eigenvalue weighted by atomic mass is 32.1. The predicted octanol–water partition coefficient (Wildman–Crippen LogP) is 1.13. The molecule has 0 aliphatic carbocycles. The number of carboxylic acid groups (broad SMARTS) is 1. The lowest BCUT2D eigenvalue weighted by molar-refractivity contribution is 0.0699. The number of H-pyrrole nitrogens is 2. The van der Waals surface area contributed by atoms with Gasteiger partial charge in [0.05, 0.1) is 16.6 Å². The summed E-state index contributed by atoms with van der Waals surface area (Å²) in [6, 6.07) is 3.21. The molecule has 0 saturated carbocycles. The van der Waals surface area contributed by atoms with Crippen molar-refractivity contribution in [3.63, 3.8) is 0 Å². The monoisotopic (exact) mass is 262 g/mol. The highest BCUT2D eigenvalue weighted by Gasteiger charge is 2.12. The Morgan fingerprint density at radius 1 is 1.11 bits per heavy atom. The third-order valence-corrected chi connectivity index (χ3v) is 3.59. The number of fused-ring (bicyclic) bond motifs is 2. The van der Waals surface area contributed by atoms with E-state index in [1.165, 1.54) is 16.7 Å². The average molecular weight is 262 g/mol. The topological polar surface area (TPSA) is 103 Å². The van der Waals surface area contributed by atoms with Gasteiger partial charge < -0.3 is 15.1 Å². The molecule has 7 heteroatoms. The van der Waals surface area contributed by atoms with Crippen molar-refractivity contribution in [2.75, 3.05) is 0 Å². The Labute approximate surface area is 103 Å². The van der Waals surface area contributed by atoms with Gasteiger partial charge in [-0.25, -0.2) is 4.79 Å². The standard InChI is InChI=1S/C11H6N2O4S/c14-9-10(15)13-7-2-8-4(1-6(7)12-9)5(3-18-8)11(16)17/h1-3H,(H,12,14)(H,13,15)(H,16,17). The summed E-state index contributed by atoms with van der Waals surface area (Å²) >= 11 is 1.27. The van der Waals surface area contributed by atoms with Crippen molar-refractivity contribution >= 4 is 38.4 Å². The molecule has 3 N–H and O–H groups in total. The minimum atomic E-state index is -1.02. The van der Waals surface area contributed by atoms with Gasteiger partial charge in [-0.3, -0.25) is 9.59 Å². The van der Waals surface area contributed by atoms with E-state index in [1.54, 1.807) is 12.1 Å². The number of hydrogen-bond donors (Lipinski definition) is 3. The normalized spacial score (nSPS) is 11.1. The third kappa shape index (κ3) is 1.45. The maximum Gasteiger partial charge on any atom is 0.337 e. The van der Waals surface area contributed by atoms with Crippen LogP contribution < -0.4 is 11.1 Å². The predicted molar refractivity (Wildman–Crippen MR) is 67.5 cm³/mol. The van der Waals surface area contributed by atoms with Crippen LogP contribution in [0.1, 0.15) is 10.4 Å². The molecule has 0 atom stereocenters. The first-order valence-corrected chi connectivity index (χ1v) is 5.85. The Kier molecular flexibility index (Phi) is 2.11. The van der Waals surface area contributed by atoms with Crippen molar-refractivity contribution in [3.05, 3.63) is 43.8 Å². The fourth-order valence-electron chi connectivity index (χ4n) is 1.80. The van der Waals surface area contributed by atoms with Gasteiger partial charge in [0.25, 0.3) is 0 Å². The first-order chi connectivity index (χ1) is 8.56. The lowest BCUT2D eigenvalue weighted by atomic mass is 10.1. The van der Waals surface area contributed by atoms with Crippen molar-refractivity contribution in [1.82, 2.24) is 9.97 Å². The highest BCUT2D eigenvalue weighted by Crippen LogP contribution is 2.28. The van der Waals surface area contributed by atoms with E-state index in [0.29, 0.717) is 16.4 Å². The van der Waals surface area contributed by atoms with Gasteiger partial charge in [0, 0.05) is 15.5 Å². The summed E-state index contributed by atoms with van der Waals surface area (Å²) in [4.78, 5) is 38.3. The molecule has 0 bridgehead atoms. The van der Waals surface area contributed by atoms with Crippen LogP contribution in [0.4, 0.5) is 0 Å². The molecule has 0 aliphatic heterocycles. The number of aromatic carboxylic acids is 1. The quantitative estimate of drug-likeness (QED) is 0.572. The second kappa shape index (κ2) is 3.54. The lowest BCUT2D eigenvalue weighted by Crippen LogP contribution is -2.28. The van der Waals surface area contributed by atoms with Gasteiger partial charge >= 0.3 is 17.1 Å². The molecule has 0 fully saturated rings. The first kappa shape index (κ1) is 10.7. The summed E-state index contributed by atoms with van der Waals surface area (Å²) in [5, 5.41) is 11.1. The Morgan fingerprint density at radius 2 is 1.72 bits per heavy atom. The zero-order chi connectivity index (χ0) is 12.9. The van der Waals surface area contributed by atoms with E-state index >= 15 is 0 Å². The number of nitrogens with one attached hydrogen (secondary N) is 2. The van der Waals surface area contributed by atoms with Crippen molar-refractivity contribution in [2.45, 2.75) is 0 Å². The Morgan fingerprint density at radius 3 is 2.33 bits per heavy atom. The SMILES string of the molecule is O=C(O)c1csc2cc3[nH]c(=O)c(=O)[nH]c3cc12. The van der Waals surface area contributed by atoms with E-state index in [-0.39, 0.29) is 5.56 Å². The first-order valence-electron chi connectivity index (χ1n) is 4.97. The van der Waals surface area contributed by atoms with Gasteiger partial charge in [-0.2, -0.15) is 0 Å². The molecule has 0 aliphatic rings. The van der Waals surface area contributed by atoms with Gasteiger partial charge in [-0.15, -0.1) is 11.3 Å². The maximum absolute atomic E-state index is 11.2. The van der Waals surface area contributed by atoms with Crippen LogP contribution in [-0.2, 0) is 0 Å².